The van der Waals surface area contributed by atoms with Crippen molar-refractivity contribution in [2.45, 2.75) is 32.9 Å². The molecule has 1 N–H and O–H groups in total. The summed E-state index contributed by atoms with van der Waals surface area (Å²) in [4.78, 5) is 0. The zero-order chi connectivity index (χ0) is 15.2. The second kappa shape index (κ2) is 7.79. The highest BCUT2D eigenvalue weighted by Gasteiger charge is 2.22. The zero-order valence-electron chi connectivity index (χ0n) is 12.8. The maximum atomic E-state index is 5.52. The number of methoxy groups -OCH3 is 1. The third kappa shape index (κ3) is 3.77. The molecule has 0 aliphatic rings. The first kappa shape index (κ1) is 16.3. The molecule has 0 bridgehead atoms. The molecule has 21 heavy (non-hydrogen) atoms. The van der Waals surface area contributed by atoms with Crippen molar-refractivity contribution in [1.29, 1.82) is 0 Å². The molecule has 1 aromatic carbocycles. The normalized spacial score (nSPS) is 12.4. The van der Waals surface area contributed by atoms with E-state index in [0.717, 1.165) is 31.0 Å². The number of aromatic nitrogens is 2. The number of rotatable bonds is 7. The number of halogens is 1. The molecule has 1 heterocycles. The Morgan fingerprint density at radius 1 is 1.29 bits per heavy atom. The van der Waals surface area contributed by atoms with Crippen LogP contribution < -0.4 is 10.1 Å². The molecule has 0 aliphatic heterocycles. The fraction of sp³-hybridized carbons (Fsp3) is 0.438. The van der Waals surface area contributed by atoms with E-state index in [2.05, 4.69) is 71.1 Å². The van der Waals surface area contributed by atoms with E-state index in [0.29, 0.717) is 0 Å². The number of ether oxygens (including phenoxy) is 1. The summed E-state index contributed by atoms with van der Waals surface area (Å²) in [5.74, 6) is 0.841. The van der Waals surface area contributed by atoms with Gasteiger partial charge in [0.05, 0.1) is 19.3 Å². The van der Waals surface area contributed by atoms with Crippen LogP contribution in [0.1, 0.15) is 37.6 Å². The van der Waals surface area contributed by atoms with Crippen molar-refractivity contribution in [2.75, 3.05) is 13.7 Å². The van der Waals surface area contributed by atoms with Gasteiger partial charge in [-0.2, -0.15) is 5.10 Å². The van der Waals surface area contributed by atoms with Crippen LogP contribution in [0.4, 0.5) is 0 Å². The summed E-state index contributed by atoms with van der Waals surface area (Å²) in [5.41, 5.74) is 2.33. The van der Waals surface area contributed by atoms with E-state index in [1.54, 1.807) is 7.11 Å². The first-order chi connectivity index (χ1) is 10.2. The van der Waals surface area contributed by atoms with Crippen molar-refractivity contribution >= 4 is 22.6 Å². The molecule has 114 valence electrons. The second-order valence-electron chi connectivity index (χ2n) is 4.86. The van der Waals surface area contributed by atoms with Gasteiger partial charge in [0.2, 0.25) is 0 Å². The van der Waals surface area contributed by atoms with Crippen LogP contribution in [0.25, 0.3) is 0 Å². The topological polar surface area (TPSA) is 39.1 Å². The summed E-state index contributed by atoms with van der Waals surface area (Å²) in [7, 11) is 1.70. The van der Waals surface area contributed by atoms with Gasteiger partial charge >= 0.3 is 0 Å². The van der Waals surface area contributed by atoms with Crippen LogP contribution in [0.5, 0.6) is 5.75 Å². The second-order valence-corrected chi connectivity index (χ2v) is 6.11. The molecule has 2 aromatic rings. The standard InChI is InChI=1S/C16H22IN3O/c1-4-10-20-16(14(21-3)11-19-20)15(18-5-2)12-6-8-13(17)9-7-12/h6-9,11,15,18H,4-5,10H2,1-3H3. The van der Waals surface area contributed by atoms with Gasteiger partial charge in [-0.05, 0) is 53.3 Å². The van der Waals surface area contributed by atoms with Crippen molar-refractivity contribution in [1.82, 2.24) is 15.1 Å². The van der Waals surface area contributed by atoms with Gasteiger partial charge in [-0.25, -0.2) is 0 Å². The monoisotopic (exact) mass is 399 g/mol. The van der Waals surface area contributed by atoms with E-state index in [4.69, 9.17) is 4.74 Å². The molecule has 0 spiro atoms. The molecule has 0 fully saturated rings. The van der Waals surface area contributed by atoms with E-state index in [9.17, 15) is 0 Å². The Labute approximate surface area is 140 Å². The summed E-state index contributed by atoms with van der Waals surface area (Å²) in [6.07, 6.45) is 2.85. The molecule has 2 rings (SSSR count). The van der Waals surface area contributed by atoms with Gasteiger partial charge < -0.3 is 10.1 Å². The molecule has 4 nitrogen and oxygen atoms in total. The van der Waals surface area contributed by atoms with Gasteiger partial charge in [0.25, 0.3) is 0 Å². The van der Waals surface area contributed by atoms with Crippen LogP contribution >= 0.6 is 22.6 Å². The molecule has 0 radical (unpaired) electrons. The average molecular weight is 399 g/mol. The third-order valence-electron chi connectivity index (χ3n) is 3.39. The van der Waals surface area contributed by atoms with Crippen LogP contribution in [0, 0.1) is 3.57 Å². The molecule has 1 aromatic heterocycles. The Bertz CT molecular complexity index is 565. The smallest absolute Gasteiger partial charge is 0.161 e. The lowest BCUT2D eigenvalue weighted by molar-refractivity contribution is 0.398. The van der Waals surface area contributed by atoms with Gasteiger partial charge in [-0.3, -0.25) is 4.68 Å². The average Bonchev–Trinajstić information content (AvgIpc) is 2.89. The quantitative estimate of drug-likeness (QED) is 0.724. The van der Waals surface area contributed by atoms with Crippen molar-refractivity contribution in [3.63, 3.8) is 0 Å². The Hall–Kier alpha value is -1.08. The van der Waals surface area contributed by atoms with Crippen LogP contribution in [0.2, 0.25) is 0 Å². The van der Waals surface area contributed by atoms with E-state index in [1.165, 1.54) is 9.13 Å². The molecular weight excluding hydrogens is 377 g/mol. The van der Waals surface area contributed by atoms with Gasteiger partial charge in [0.1, 0.15) is 5.69 Å². The minimum Gasteiger partial charge on any atom is -0.493 e. The number of benzene rings is 1. The summed E-state index contributed by atoms with van der Waals surface area (Å²) in [5, 5.41) is 8.02. The Kier molecular flexibility index (Phi) is 6.05. The highest BCUT2D eigenvalue weighted by Crippen LogP contribution is 2.30. The van der Waals surface area contributed by atoms with Crippen molar-refractivity contribution in [3.8, 4) is 5.75 Å². The van der Waals surface area contributed by atoms with Crippen molar-refractivity contribution in [2.24, 2.45) is 0 Å². The van der Waals surface area contributed by atoms with Crippen molar-refractivity contribution < 1.29 is 4.74 Å². The molecule has 1 unspecified atom stereocenters. The first-order valence-electron chi connectivity index (χ1n) is 7.29. The lowest BCUT2D eigenvalue weighted by atomic mass is 10.0. The van der Waals surface area contributed by atoms with Gasteiger partial charge in [0, 0.05) is 10.1 Å². The number of nitrogens with one attached hydrogen (secondary N) is 1. The summed E-state index contributed by atoms with van der Waals surface area (Å²) < 4.78 is 8.80. The maximum Gasteiger partial charge on any atom is 0.161 e. The highest BCUT2D eigenvalue weighted by atomic mass is 127. The third-order valence-corrected chi connectivity index (χ3v) is 4.10. The minimum absolute atomic E-state index is 0.0935. The van der Waals surface area contributed by atoms with Crippen LogP contribution in [-0.2, 0) is 6.54 Å². The van der Waals surface area contributed by atoms with E-state index in [1.807, 2.05) is 10.9 Å². The van der Waals surface area contributed by atoms with E-state index < -0.39 is 0 Å². The Balaban J connectivity index is 2.46. The maximum absolute atomic E-state index is 5.52. The molecule has 1 atom stereocenters. The molecule has 0 aliphatic carbocycles. The SMILES string of the molecule is CCCn1ncc(OC)c1C(NCC)c1ccc(I)cc1. The number of nitrogens with zero attached hydrogens (tertiary/aromatic N) is 2. The van der Waals surface area contributed by atoms with Crippen LogP contribution in [0.15, 0.2) is 30.5 Å². The van der Waals surface area contributed by atoms with E-state index >= 15 is 0 Å². The number of aryl methyl sites for hydroxylation is 1. The highest BCUT2D eigenvalue weighted by molar-refractivity contribution is 14.1. The number of hydrogen-bond acceptors (Lipinski definition) is 3. The minimum atomic E-state index is 0.0935. The van der Waals surface area contributed by atoms with Crippen LogP contribution in [-0.4, -0.2) is 23.4 Å². The lowest BCUT2D eigenvalue weighted by Gasteiger charge is -2.21. The molecule has 5 heteroatoms. The van der Waals surface area contributed by atoms with Gasteiger partial charge in [0.15, 0.2) is 5.75 Å². The molecular formula is C16H22IN3O. The van der Waals surface area contributed by atoms with E-state index in [-0.39, 0.29) is 6.04 Å². The Morgan fingerprint density at radius 2 is 2.00 bits per heavy atom. The number of hydrogen-bond donors (Lipinski definition) is 1. The lowest BCUT2D eigenvalue weighted by Crippen LogP contribution is -2.25. The zero-order valence-corrected chi connectivity index (χ0v) is 14.9. The summed E-state index contributed by atoms with van der Waals surface area (Å²) in [6, 6.07) is 8.69. The predicted molar refractivity (Wildman–Crippen MR) is 93.7 cm³/mol. The van der Waals surface area contributed by atoms with Crippen molar-refractivity contribution in [3.05, 3.63) is 45.3 Å². The van der Waals surface area contributed by atoms with Crippen LogP contribution in [0.3, 0.4) is 0 Å². The fourth-order valence-electron chi connectivity index (χ4n) is 2.45. The first-order valence-corrected chi connectivity index (χ1v) is 8.37. The Morgan fingerprint density at radius 3 is 2.57 bits per heavy atom. The molecule has 0 saturated carbocycles. The summed E-state index contributed by atoms with van der Waals surface area (Å²) in [6.45, 7) is 6.06. The largest absolute Gasteiger partial charge is 0.493 e. The molecule has 0 saturated heterocycles. The summed E-state index contributed by atoms with van der Waals surface area (Å²) >= 11 is 2.33. The van der Waals surface area contributed by atoms with Gasteiger partial charge in [-0.1, -0.05) is 26.0 Å². The predicted octanol–water partition coefficient (Wildman–Crippen LogP) is 3.61. The molecule has 0 amide bonds. The van der Waals surface area contributed by atoms with Gasteiger partial charge in [-0.15, -0.1) is 0 Å². The fourth-order valence-corrected chi connectivity index (χ4v) is 2.81.